The second-order valence-corrected chi connectivity index (χ2v) is 8.49. The molecule has 1 saturated heterocycles. The Morgan fingerprint density at radius 1 is 1.00 bits per heavy atom. The van der Waals surface area contributed by atoms with Crippen LogP contribution in [0, 0.1) is 10.8 Å². The Kier molecular flexibility index (Phi) is 5.60. The molecule has 1 atom stereocenters. The lowest BCUT2D eigenvalue weighted by atomic mass is 9.67. The highest BCUT2D eigenvalue weighted by atomic mass is 16.5. The number of anilines is 1. The van der Waals surface area contributed by atoms with Crippen LogP contribution in [-0.2, 0) is 20.7 Å². The summed E-state index contributed by atoms with van der Waals surface area (Å²) in [6, 6.07) is 17.5. The van der Waals surface area contributed by atoms with Gasteiger partial charge in [-0.25, -0.2) is 0 Å². The zero-order chi connectivity index (χ0) is 21.2. The van der Waals surface area contributed by atoms with Gasteiger partial charge in [0.15, 0.2) is 11.9 Å². The van der Waals surface area contributed by atoms with Gasteiger partial charge in [0.2, 0.25) is 0 Å². The van der Waals surface area contributed by atoms with Crippen molar-refractivity contribution in [1.82, 2.24) is 0 Å². The number of carbonyl (C=O) groups excluding carboxylic acids is 2. The fourth-order valence-corrected chi connectivity index (χ4v) is 3.64. The second-order valence-electron chi connectivity index (χ2n) is 8.49. The van der Waals surface area contributed by atoms with Gasteiger partial charge in [-0.15, -0.1) is 0 Å². The van der Waals surface area contributed by atoms with Gasteiger partial charge in [0.1, 0.15) is 11.1 Å². The molecule has 0 aliphatic carbocycles. The molecule has 5 nitrogen and oxygen atoms in total. The molecule has 0 radical (unpaired) electrons. The number of aryl methyl sites for hydroxylation is 1. The summed E-state index contributed by atoms with van der Waals surface area (Å²) in [7, 11) is 0. The summed E-state index contributed by atoms with van der Waals surface area (Å²) in [5.74, 6) is -0.673. The fraction of sp³-hybridized carbons (Fsp3) is 0.375. The summed E-state index contributed by atoms with van der Waals surface area (Å²) in [5.41, 5.74) is 4.29. The Morgan fingerprint density at radius 2 is 1.62 bits per heavy atom. The lowest BCUT2D eigenvalue weighted by molar-refractivity contribution is -0.179. The number of Topliss-reactive ketones (excluding diaryl/α,β-unsaturated/α-hetero) is 1. The normalized spacial score (nSPS) is 20.9. The van der Waals surface area contributed by atoms with E-state index in [-0.39, 0.29) is 5.78 Å². The van der Waals surface area contributed by atoms with Crippen LogP contribution in [0.3, 0.4) is 0 Å². The minimum atomic E-state index is -1.18. The van der Waals surface area contributed by atoms with Gasteiger partial charge in [-0.3, -0.25) is 15.0 Å². The van der Waals surface area contributed by atoms with E-state index in [1.54, 1.807) is 13.8 Å². The van der Waals surface area contributed by atoms with E-state index in [1.165, 1.54) is 5.56 Å². The Morgan fingerprint density at radius 3 is 2.21 bits per heavy atom. The van der Waals surface area contributed by atoms with Crippen LogP contribution in [0.1, 0.15) is 45.7 Å². The maximum atomic E-state index is 13.1. The van der Waals surface area contributed by atoms with Crippen LogP contribution >= 0.6 is 0 Å². The van der Waals surface area contributed by atoms with Gasteiger partial charge in [-0.05, 0) is 51.8 Å². The number of carbonyl (C=O) groups is 2. The molecule has 5 heteroatoms. The standard InChI is InChI=1S/C24H28N2O3/c1-6-16-12-14-17(15-13-16)19(26-25-18-10-8-7-9-11-18)20-23(2,3)21(27)24(4,5)22(28)29-20/h7-15,20,25H,6H2,1-5H3/b26-19+. The van der Waals surface area contributed by atoms with Crippen LogP contribution in [0.15, 0.2) is 59.7 Å². The number of hydrogen-bond acceptors (Lipinski definition) is 5. The number of nitrogens with one attached hydrogen (secondary N) is 1. The first kappa shape index (κ1) is 20.8. The van der Waals surface area contributed by atoms with Crippen LogP contribution in [0.25, 0.3) is 0 Å². The first-order chi connectivity index (χ1) is 13.7. The summed E-state index contributed by atoms with van der Waals surface area (Å²) in [5, 5.41) is 4.59. The average molecular weight is 392 g/mol. The van der Waals surface area contributed by atoms with E-state index in [2.05, 4.69) is 17.5 Å². The fourth-order valence-electron chi connectivity index (χ4n) is 3.64. The van der Waals surface area contributed by atoms with Crippen molar-refractivity contribution in [2.75, 3.05) is 5.43 Å². The van der Waals surface area contributed by atoms with Gasteiger partial charge >= 0.3 is 5.97 Å². The van der Waals surface area contributed by atoms with E-state index >= 15 is 0 Å². The van der Waals surface area contributed by atoms with E-state index in [9.17, 15) is 9.59 Å². The second kappa shape index (κ2) is 7.82. The summed E-state index contributed by atoms with van der Waals surface area (Å²) in [6.45, 7) is 8.95. The smallest absolute Gasteiger partial charge is 0.319 e. The SMILES string of the molecule is CCc1ccc(/C(=N\Nc2ccccc2)C2OC(=O)C(C)(C)C(=O)C2(C)C)cc1. The number of cyclic esters (lactones) is 1. The molecule has 0 amide bonds. The van der Waals surface area contributed by atoms with Crippen molar-refractivity contribution in [1.29, 1.82) is 0 Å². The van der Waals surface area contributed by atoms with Crippen molar-refractivity contribution in [3.05, 3.63) is 65.7 Å². The number of rotatable bonds is 5. The topological polar surface area (TPSA) is 67.8 Å². The zero-order valence-electron chi connectivity index (χ0n) is 17.7. The van der Waals surface area contributed by atoms with Crippen molar-refractivity contribution in [2.45, 2.75) is 47.1 Å². The Balaban J connectivity index is 2.06. The van der Waals surface area contributed by atoms with Gasteiger partial charge in [-0.2, -0.15) is 5.10 Å². The number of esters is 1. The van der Waals surface area contributed by atoms with E-state index in [4.69, 9.17) is 4.74 Å². The molecule has 1 aliphatic heterocycles. The predicted octanol–water partition coefficient (Wildman–Crippen LogP) is 4.61. The van der Waals surface area contributed by atoms with E-state index in [0.29, 0.717) is 5.71 Å². The average Bonchev–Trinajstić information content (AvgIpc) is 2.72. The zero-order valence-corrected chi connectivity index (χ0v) is 17.7. The maximum absolute atomic E-state index is 13.1. The Labute approximate surface area is 172 Å². The Hall–Kier alpha value is -2.95. The minimum absolute atomic E-state index is 0.149. The molecule has 1 heterocycles. The molecule has 152 valence electrons. The quantitative estimate of drug-likeness (QED) is 0.349. The number of hydrogen-bond donors (Lipinski definition) is 1. The monoisotopic (exact) mass is 392 g/mol. The van der Waals surface area contributed by atoms with Crippen molar-refractivity contribution in [2.24, 2.45) is 15.9 Å². The summed E-state index contributed by atoms with van der Waals surface area (Å²) >= 11 is 0. The van der Waals surface area contributed by atoms with Crippen molar-refractivity contribution < 1.29 is 14.3 Å². The van der Waals surface area contributed by atoms with Gasteiger partial charge in [0, 0.05) is 5.56 Å². The number of ketones is 1. The molecule has 2 aromatic carbocycles. The van der Waals surface area contributed by atoms with E-state index in [0.717, 1.165) is 17.7 Å². The molecule has 0 aromatic heterocycles. The molecule has 29 heavy (non-hydrogen) atoms. The molecule has 1 N–H and O–H groups in total. The molecular weight excluding hydrogens is 364 g/mol. The number of benzene rings is 2. The lowest BCUT2D eigenvalue weighted by Gasteiger charge is -2.43. The maximum Gasteiger partial charge on any atom is 0.319 e. The van der Waals surface area contributed by atoms with Crippen LogP contribution in [-0.4, -0.2) is 23.6 Å². The molecule has 3 rings (SSSR count). The van der Waals surface area contributed by atoms with Crippen LogP contribution in [0.2, 0.25) is 0 Å². The molecular formula is C24H28N2O3. The molecule has 1 unspecified atom stereocenters. The van der Waals surface area contributed by atoms with Crippen LogP contribution in [0.4, 0.5) is 5.69 Å². The van der Waals surface area contributed by atoms with Gasteiger partial charge in [0.25, 0.3) is 0 Å². The third-order valence-corrected chi connectivity index (χ3v) is 5.53. The first-order valence-corrected chi connectivity index (χ1v) is 9.92. The molecule has 1 fully saturated rings. The van der Waals surface area contributed by atoms with Gasteiger partial charge < -0.3 is 4.74 Å². The summed E-state index contributed by atoms with van der Waals surface area (Å²) < 4.78 is 5.82. The van der Waals surface area contributed by atoms with Gasteiger partial charge in [0.05, 0.1) is 11.1 Å². The third-order valence-electron chi connectivity index (χ3n) is 5.53. The minimum Gasteiger partial charge on any atom is -0.454 e. The first-order valence-electron chi connectivity index (χ1n) is 9.92. The summed E-state index contributed by atoms with van der Waals surface area (Å²) in [6.07, 6.45) is 0.130. The highest BCUT2D eigenvalue weighted by molar-refractivity contribution is 6.15. The number of ether oxygens (including phenoxy) is 1. The lowest BCUT2D eigenvalue weighted by Crippen LogP contribution is -2.58. The largest absolute Gasteiger partial charge is 0.454 e. The third kappa shape index (κ3) is 3.95. The molecule has 0 saturated carbocycles. The molecule has 0 bridgehead atoms. The molecule has 1 aliphatic rings. The van der Waals surface area contributed by atoms with Crippen molar-refractivity contribution in [3.8, 4) is 0 Å². The van der Waals surface area contributed by atoms with Crippen LogP contribution < -0.4 is 5.43 Å². The highest BCUT2D eigenvalue weighted by Gasteiger charge is 2.56. The van der Waals surface area contributed by atoms with E-state index in [1.807, 2.05) is 68.4 Å². The number of nitrogens with zero attached hydrogens (tertiary/aromatic N) is 1. The predicted molar refractivity (Wildman–Crippen MR) is 115 cm³/mol. The Bertz CT molecular complexity index is 928. The number of para-hydroxylation sites is 1. The number of hydrazone groups is 1. The summed E-state index contributed by atoms with van der Waals surface area (Å²) in [4.78, 5) is 25.7. The highest BCUT2D eigenvalue weighted by Crippen LogP contribution is 2.41. The van der Waals surface area contributed by atoms with E-state index < -0.39 is 22.9 Å². The van der Waals surface area contributed by atoms with Crippen molar-refractivity contribution in [3.63, 3.8) is 0 Å². The van der Waals surface area contributed by atoms with Crippen molar-refractivity contribution >= 4 is 23.2 Å². The van der Waals surface area contributed by atoms with Crippen LogP contribution in [0.5, 0.6) is 0 Å². The molecule has 0 spiro atoms. The van der Waals surface area contributed by atoms with Gasteiger partial charge in [-0.1, -0.05) is 49.4 Å². The molecule has 2 aromatic rings.